The second-order valence-electron chi connectivity index (χ2n) is 5.78. The van der Waals surface area contributed by atoms with Gasteiger partial charge in [-0.2, -0.15) is 5.10 Å². The number of rotatable bonds is 5. The molecule has 128 valence electrons. The maximum absolute atomic E-state index is 12.4. The number of carbonyl (C=O) groups is 2. The van der Waals surface area contributed by atoms with Crippen molar-refractivity contribution >= 4 is 28.8 Å². The number of amides is 2. The monoisotopic (exact) mass is 348 g/mol. The summed E-state index contributed by atoms with van der Waals surface area (Å²) in [6, 6.07) is 0.190. The minimum Gasteiger partial charge on any atom is -0.495 e. The standard InChI is InChI=1S/C16H20N4O3S/c1-23-13-9-24-8-11(13)15(21)19-12-7-17-20-14(12)16(22)18-10-5-3-2-4-6-10/h7-10H,2-6H2,1H3,(H,17,20)(H,18,22)(H,19,21). The molecule has 8 heteroatoms. The van der Waals surface area contributed by atoms with E-state index in [0.717, 1.165) is 25.7 Å². The maximum atomic E-state index is 12.4. The van der Waals surface area contributed by atoms with E-state index in [9.17, 15) is 9.59 Å². The van der Waals surface area contributed by atoms with E-state index >= 15 is 0 Å². The second-order valence-corrected chi connectivity index (χ2v) is 6.52. The average molecular weight is 348 g/mol. The molecule has 7 nitrogen and oxygen atoms in total. The summed E-state index contributed by atoms with van der Waals surface area (Å²) in [5.74, 6) is -0.0672. The topological polar surface area (TPSA) is 96.1 Å². The van der Waals surface area contributed by atoms with Gasteiger partial charge in [-0.05, 0) is 12.8 Å². The Balaban J connectivity index is 1.68. The third-order valence-corrected chi connectivity index (χ3v) is 4.87. The number of nitrogens with one attached hydrogen (secondary N) is 3. The lowest BCUT2D eigenvalue weighted by Crippen LogP contribution is -2.36. The number of aromatic amines is 1. The molecule has 0 unspecified atom stereocenters. The number of carbonyl (C=O) groups excluding carboxylic acids is 2. The van der Waals surface area contributed by atoms with E-state index in [2.05, 4.69) is 20.8 Å². The van der Waals surface area contributed by atoms with Gasteiger partial charge in [0.1, 0.15) is 11.4 Å². The van der Waals surface area contributed by atoms with Gasteiger partial charge in [0.05, 0.1) is 24.6 Å². The smallest absolute Gasteiger partial charge is 0.271 e. The molecule has 2 heterocycles. The van der Waals surface area contributed by atoms with Crippen molar-refractivity contribution in [1.29, 1.82) is 0 Å². The molecule has 1 saturated carbocycles. The third kappa shape index (κ3) is 3.59. The number of methoxy groups -OCH3 is 1. The lowest BCUT2D eigenvalue weighted by Gasteiger charge is -2.22. The first-order valence-corrected chi connectivity index (χ1v) is 8.89. The molecule has 0 aliphatic heterocycles. The fourth-order valence-corrected chi connectivity index (χ4v) is 3.63. The molecule has 1 aliphatic carbocycles. The second kappa shape index (κ2) is 7.48. The minimum atomic E-state index is -0.332. The summed E-state index contributed by atoms with van der Waals surface area (Å²) < 4.78 is 5.15. The molecule has 0 atom stereocenters. The van der Waals surface area contributed by atoms with Gasteiger partial charge < -0.3 is 15.4 Å². The number of anilines is 1. The molecule has 0 aromatic carbocycles. The van der Waals surface area contributed by atoms with Gasteiger partial charge in [-0.3, -0.25) is 14.7 Å². The Kier molecular flexibility index (Phi) is 5.14. The van der Waals surface area contributed by atoms with Crippen LogP contribution in [0.1, 0.15) is 53.0 Å². The zero-order valence-corrected chi connectivity index (χ0v) is 14.2. The first-order chi connectivity index (χ1) is 11.7. The summed E-state index contributed by atoms with van der Waals surface area (Å²) in [6.45, 7) is 0. The summed E-state index contributed by atoms with van der Waals surface area (Å²) in [4.78, 5) is 24.8. The Bertz CT molecular complexity index is 718. The molecule has 0 radical (unpaired) electrons. The minimum absolute atomic E-state index is 0.190. The largest absolute Gasteiger partial charge is 0.495 e. The first-order valence-electron chi connectivity index (χ1n) is 7.95. The summed E-state index contributed by atoms with van der Waals surface area (Å²) in [5.41, 5.74) is 1.06. The Morgan fingerprint density at radius 3 is 2.79 bits per heavy atom. The molecule has 0 bridgehead atoms. The predicted octanol–water partition coefficient (Wildman–Crippen LogP) is 2.79. The number of thiophene rings is 1. The highest BCUT2D eigenvalue weighted by atomic mass is 32.1. The Hall–Kier alpha value is -2.35. The van der Waals surface area contributed by atoms with Crippen molar-refractivity contribution in [2.45, 2.75) is 38.1 Å². The van der Waals surface area contributed by atoms with Crippen molar-refractivity contribution in [3.05, 3.63) is 28.2 Å². The maximum Gasteiger partial charge on any atom is 0.271 e. The SMILES string of the molecule is COc1cscc1C(=O)Nc1cn[nH]c1C(=O)NC1CCCCC1. The molecular weight excluding hydrogens is 328 g/mol. The van der Waals surface area contributed by atoms with Crippen molar-refractivity contribution in [1.82, 2.24) is 15.5 Å². The van der Waals surface area contributed by atoms with Crippen LogP contribution in [0.3, 0.4) is 0 Å². The molecule has 3 N–H and O–H groups in total. The van der Waals surface area contributed by atoms with Crippen molar-refractivity contribution in [3.63, 3.8) is 0 Å². The van der Waals surface area contributed by atoms with Gasteiger partial charge in [0.2, 0.25) is 0 Å². The molecule has 2 aromatic heterocycles. The van der Waals surface area contributed by atoms with Crippen LogP contribution in [0.4, 0.5) is 5.69 Å². The normalized spacial score (nSPS) is 15.0. The first kappa shape index (κ1) is 16.5. The van der Waals surface area contributed by atoms with E-state index in [4.69, 9.17) is 4.74 Å². The van der Waals surface area contributed by atoms with E-state index in [0.29, 0.717) is 17.0 Å². The fourth-order valence-electron chi connectivity index (χ4n) is 2.86. The number of aromatic nitrogens is 2. The molecule has 3 rings (SSSR count). The van der Waals surface area contributed by atoms with Crippen LogP contribution in [0.2, 0.25) is 0 Å². The molecule has 0 spiro atoms. The van der Waals surface area contributed by atoms with Gasteiger partial charge in [-0.1, -0.05) is 19.3 Å². The fraction of sp³-hybridized carbons (Fsp3) is 0.438. The van der Waals surface area contributed by atoms with E-state index in [1.165, 1.54) is 31.1 Å². The van der Waals surface area contributed by atoms with Crippen molar-refractivity contribution in [3.8, 4) is 5.75 Å². The van der Waals surface area contributed by atoms with Gasteiger partial charge >= 0.3 is 0 Å². The molecular formula is C16H20N4O3S. The van der Waals surface area contributed by atoms with E-state index in [1.807, 2.05) is 0 Å². The van der Waals surface area contributed by atoms with Crippen LogP contribution in [0.15, 0.2) is 17.0 Å². The van der Waals surface area contributed by atoms with Crippen LogP contribution >= 0.6 is 11.3 Å². The molecule has 0 saturated heterocycles. The Morgan fingerprint density at radius 1 is 1.25 bits per heavy atom. The average Bonchev–Trinajstić information content (AvgIpc) is 3.24. The van der Waals surface area contributed by atoms with Crippen molar-refractivity contribution in [2.75, 3.05) is 12.4 Å². The van der Waals surface area contributed by atoms with Crippen LogP contribution in [-0.2, 0) is 0 Å². The lowest BCUT2D eigenvalue weighted by atomic mass is 9.95. The van der Waals surface area contributed by atoms with E-state index in [1.54, 1.807) is 10.8 Å². The Morgan fingerprint density at radius 2 is 2.04 bits per heavy atom. The van der Waals surface area contributed by atoms with Gasteiger partial charge in [-0.25, -0.2) is 0 Å². The van der Waals surface area contributed by atoms with E-state index < -0.39 is 0 Å². The number of nitrogens with zero attached hydrogens (tertiary/aromatic N) is 1. The number of H-pyrrole nitrogens is 1. The van der Waals surface area contributed by atoms with Crippen LogP contribution in [0.5, 0.6) is 5.75 Å². The lowest BCUT2D eigenvalue weighted by molar-refractivity contribution is 0.0923. The summed E-state index contributed by atoms with van der Waals surface area (Å²) in [6.07, 6.45) is 6.92. The molecule has 24 heavy (non-hydrogen) atoms. The van der Waals surface area contributed by atoms with E-state index in [-0.39, 0.29) is 23.6 Å². The van der Waals surface area contributed by atoms with Crippen LogP contribution in [-0.4, -0.2) is 35.2 Å². The highest BCUT2D eigenvalue weighted by Gasteiger charge is 2.22. The highest BCUT2D eigenvalue weighted by Crippen LogP contribution is 2.25. The van der Waals surface area contributed by atoms with Crippen LogP contribution in [0, 0.1) is 0 Å². The number of hydrogen-bond acceptors (Lipinski definition) is 5. The van der Waals surface area contributed by atoms with Crippen LogP contribution in [0.25, 0.3) is 0 Å². The van der Waals surface area contributed by atoms with Crippen LogP contribution < -0.4 is 15.4 Å². The van der Waals surface area contributed by atoms with Gasteiger partial charge in [0.25, 0.3) is 11.8 Å². The molecule has 2 aromatic rings. The Labute approximate surface area is 143 Å². The summed E-state index contributed by atoms with van der Waals surface area (Å²) in [5, 5.41) is 15.7. The molecule has 2 amide bonds. The van der Waals surface area contributed by atoms with Gasteiger partial charge in [-0.15, -0.1) is 11.3 Å². The quantitative estimate of drug-likeness (QED) is 0.774. The predicted molar refractivity (Wildman–Crippen MR) is 91.8 cm³/mol. The number of hydrogen-bond donors (Lipinski definition) is 3. The van der Waals surface area contributed by atoms with Gasteiger partial charge in [0, 0.05) is 16.8 Å². The number of ether oxygens (including phenoxy) is 1. The summed E-state index contributed by atoms with van der Waals surface area (Å²) >= 11 is 1.38. The highest BCUT2D eigenvalue weighted by molar-refractivity contribution is 7.08. The van der Waals surface area contributed by atoms with Crippen molar-refractivity contribution in [2.24, 2.45) is 0 Å². The zero-order valence-electron chi connectivity index (χ0n) is 13.4. The molecule has 1 fully saturated rings. The van der Waals surface area contributed by atoms with Crippen molar-refractivity contribution < 1.29 is 14.3 Å². The molecule has 1 aliphatic rings. The van der Waals surface area contributed by atoms with Gasteiger partial charge in [0.15, 0.2) is 0 Å². The zero-order chi connectivity index (χ0) is 16.9. The summed E-state index contributed by atoms with van der Waals surface area (Å²) in [7, 11) is 1.51. The third-order valence-electron chi connectivity index (χ3n) is 4.15.